The van der Waals surface area contributed by atoms with Gasteiger partial charge < -0.3 is 25.3 Å². The first-order valence-corrected chi connectivity index (χ1v) is 11.9. The fraction of sp³-hybridized carbons (Fsp3) is 0.259. The monoisotopic (exact) mass is 558 g/mol. The molecule has 0 saturated heterocycles. The van der Waals surface area contributed by atoms with Crippen molar-refractivity contribution in [1.29, 1.82) is 0 Å². The molecule has 1 aliphatic rings. The second kappa shape index (κ2) is 9.30. The molecule has 0 aliphatic carbocycles. The third kappa shape index (κ3) is 4.41. The number of aromatic nitrogens is 2. The van der Waals surface area contributed by atoms with E-state index in [0.29, 0.717) is 17.0 Å². The molecule has 2 aromatic heterocycles. The fourth-order valence-corrected chi connectivity index (χ4v) is 4.43. The lowest BCUT2D eigenvalue weighted by atomic mass is 9.81. The Balaban J connectivity index is 1.58. The molecule has 1 unspecified atom stereocenters. The Morgan fingerprint density at radius 2 is 1.82 bits per heavy atom. The first-order valence-electron chi connectivity index (χ1n) is 11.9. The van der Waals surface area contributed by atoms with E-state index in [2.05, 4.69) is 15.3 Å². The van der Waals surface area contributed by atoms with Crippen molar-refractivity contribution in [1.82, 2.24) is 15.3 Å². The first kappa shape index (κ1) is 27.1. The highest BCUT2D eigenvalue weighted by Gasteiger charge is 2.57. The zero-order valence-corrected chi connectivity index (χ0v) is 21.1. The summed E-state index contributed by atoms with van der Waals surface area (Å²) in [4.78, 5) is 33.3. The smallest absolute Gasteiger partial charge is 0.424 e. The van der Waals surface area contributed by atoms with Crippen LogP contribution in [0.1, 0.15) is 34.4 Å². The van der Waals surface area contributed by atoms with Crippen LogP contribution in [-0.2, 0) is 15.8 Å². The number of rotatable bonds is 6. The summed E-state index contributed by atoms with van der Waals surface area (Å²) in [5.41, 5.74) is 0.0358. The van der Waals surface area contributed by atoms with Gasteiger partial charge in [-0.05, 0) is 55.5 Å². The molecule has 208 valence electrons. The van der Waals surface area contributed by atoms with Crippen LogP contribution in [0.15, 0.2) is 52.9 Å². The van der Waals surface area contributed by atoms with Crippen molar-refractivity contribution < 1.29 is 41.4 Å². The molecule has 40 heavy (non-hydrogen) atoms. The van der Waals surface area contributed by atoms with Gasteiger partial charge in [0.05, 0.1) is 12.2 Å². The largest absolute Gasteiger partial charge is 0.489 e. The summed E-state index contributed by atoms with van der Waals surface area (Å²) in [7, 11) is 0. The number of nitrogens with two attached hydrogens (primary N) is 1. The van der Waals surface area contributed by atoms with E-state index in [9.17, 15) is 32.3 Å². The van der Waals surface area contributed by atoms with E-state index in [1.807, 2.05) is 0 Å². The number of hydrogen-bond donors (Lipinski definition) is 3. The molecule has 0 bridgehead atoms. The predicted octanol–water partition coefficient (Wildman–Crippen LogP) is 3.65. The molecule has 2 atom stereocenters. The quantitative estimate of drug-likeness (QED) is 0.307. The number of fused-ring (bicyclic) bond motifs is 2. The van der Waals surface area contributed by atoms with Crippen LogP contribution in [0.25, 0.3) is 22.4 Å². The van der Waals surface area contributed by atoms with Gasteiger partial charge in [0.15, 0.2) is 11.5 Å². The molecule has 5 rings (SSSR count). The third-order valence-corrected chi connectivity index (χ3v) is 6.89. The number of alkyl halides is 3. The molecule has 9 nitrogen and oxygen atoms in total. The minimum Gasteiger partial charge on any atom is -0.489 e. The maximum absolute atomic E-state index is 14.5. The molecular weight excluding hydrogens is 536 g/mol. The maximum Gasteiger partial charge on any atom is 0.424 e. The van der Waals surface area contributed by atoms with Crippen LogP contribution < -0.4 is 15.8 Å². The normalized spacial score (nSPS) is 18.2. The highest BCUT2D eigenvalue weighted by atomic mass is 19.4. The van der Waals surface area contributed by atoms with E-state index in [0.717, 1.165) is 18.2 Å². The number of halogens is 4. The van der Waals surface area contributed by atoms with Gasteiger partial charge in [-0.1, -0.05) is 0 Å². The second-order valence-corrected chi connectivity index (χ2v) is 9.68. The average Bonchev–Trinajstić information content (AvgIpc) is 3.45. The first-order chi connectivity index (χ1) is 18.7. The highest BCUT2D eigenvalue weighted by Crippen LogP contribution is 2.47. The molecule has 0 saturated carbocycles. The Morgan fingerprint density at radius 3 is 2.48 bits per heavy atom. The summed E-state index contributed by atoms with van der Waals surface area (Å²) in [6.07, 6.45) is -5.34. The van der Waals surface area contributed by atoms with E-state index in [1.54, 1.807) is 6.92 Å². The van der Waals surface area contributed by atoms with Gasteiger partial charge in [-0.3, -0.25) is 9.59 Å². The number of aliphatic hydroxyl groups is 1. The van der Waals surface area contributed by atoms with Gasteiger partial charge in [0, 0.05) is 23.6 Å². The third-order valence-electron chi connectivity index (χ3n) is 6.89. The second-order valence-electron chi connectivity index (χ2n) is 9.68. The number of pyridine rings is 1. The van der Waals surface area contributed by atoms with Crippen molar-refractivity contribution in [2.24, 2.45) is 5.73 Å². The van der Waals surface area contributed by atoms with Gasteiger partial charge in [-0.25, -0.2) is 14.4 Å². The van der Waals surface area contributed by atoms with Crippen LogP contribution in [0.4, 0.5) is 17.6 Å². The van der Waals surface area contributed by atoms with Crippen LogP contribution in [0.5, 0.6) is 5.75 Å². The van der Waals surface area contributed by atoms with Crippen molar-refractivity contribution in [2.75, 3.05) is 13.2 Å². The summed E-state index contributed by atoms with van der Waals surface area (Å²) >= 11 is 0. The van der Waals surface area contributed by atoms with Gasteiger partial charge >= 0.3 is 6.18 Å². The molecule has 3 heterocycles. The molecule has 0 spiro atoms. The number of nitrogens with one attached hydrogen (secondary N) is 1. The number of amides is 2. The van der Waals surface area contributed by atoms with E-state index in [-0.39, 0.29) is 34.7 Å². The lowest BCUT2D eigenvalue weighted by molar-refractivity contribution is -0.265. The summed E-state index contributed by atoms with van der Waals surface area (Å²) < 4.78 is 68.1. The molecule has 13 heteroatoms. The van der Waals surface area contributed by atoms with Crippen LogP contribution in [-0.4, -0.2) is 46.2 Å². The van der Waals surface area contributed by atoms with Crippen molar-refractivity contribution in [2.45, 2.75) is 31.0 Å². The van der Waals surface area contributed by atoms with Gasteiger partial charge in [0.1, 0.15) is 34.8 Å². The zero-order valence-electron chi connectivity index (χ0n) is 21.1. The summed E-state index contributed by atoms with van der Waals surface area (Å²) in [5.74, 6) is -2.09. The number of primary amides is 1. The number of carbonyl (C=O) groups is 2. The minimum absolute atomic E-state index is 0.0195. The Labute approximate surface area is 224 Å². The van der Waals surface area contributed by atoms with E-state index in [1.165, 1.54) is 37.3 Å². The number of ether oxygens (including phenoxy) is 1. The van der Waals surface area contributed by atoms with Gasteiger partial charge in [0.2, 0.25) is 11.5 Å². The fourth-order valence-electron chi connectivity index (χ4n) is 4.43. The van der Waals surface area contributed by atoms with Crippen LogP contribution in [0, 0.1) is 12.7 Å². The number of carbonyl (C=O) groups excluding carboxylic acids is 2. The number of aryl methyl sites for hydroxylation is 1. The predicted molar refractivity (Wildman–Crippen MR) is 133 cm³/mol. The van der Waals surface area contributed by atoms with Crippen LogP contribution in [0.3, 0.4) is 0 Å². The summed E-state index contributed by atoms with van der Waals surface area (Å²) in [5, 5.41) is 13.2. The Hall–Kier alpha value is -4.52. The lowest BCUT2D eigenvalue weighted by Crippen LogP contribution is -2.51. The molecule has 4 N–H and O–H groups in total. The van der Waals surface area contributed by atoms with Crippen molar-refractivity contribution >= 4 is 22.9 Å². The lowest BCUT2D eigenvalue weighted by Gasteiger charge is -2.31. The highest BCUT2D eigenvalue weighted by molar-refractivity contribution is 5.97. The topological polar surface area (TPSA) is 141 Å². The Bertz CT molecular complexity index is 1650. The molecular formula is C27H22F4N4O5. The number of nitrogens with zero attached hydrogens (tertiary/aromatic N) is 2. The van der Waals surface area contributed by atoms with Crippen LogP contribution >= 0.6 is 0 Å². The SMILES string of the molecule is Cc1nc2cc(C(=O)NCC(O)(c3cc4c(c(-c5ccc(F)cc5)n3)OC[C@]4(C)C(N)=O)C(F)(F)F)ccc2o1. The Morgan fingerprint density at radius 1 is 1.12 bits per heavy atom. The number of benzene rings is 2. The van der Waals surface area contributed by atoms with Crippen LogP contribution in [0.2, 0.25) is 0 Å². The van der Waals surface area contributed by atoms with Crippen molar-refractivity contribution in [3.63, 3.8) is 0 Å². The Kier molecular flexibility index (Phi) is 6.29. The standard InChI is InChI=1S/C27H22F4N4O5/c1-13-34-18-9-15(5-8-19(18)40-13)23(36)33-11-26(38,27(29,30)31)20-10-17-22(39-12-25(17,2)24(32)37)21(35-20)14-3-6-16(28)7-4-14/h3-10,38H,11-12H2,1-2H3,(H2,32,37)(H,33,36)/t25-,26?/m0/s1. The van der Waals surface area contributed by atoms with Crippen molar-refractivity contribution in [3.05, 3.63) is 77.1 Å². The summed E-state index contributed by atoms with van der Waals surface area (Å²) in [6, 6.07) is 9.69. The number of hydrogen-bond acceptors (Lipinski definition) is 7. The summed E-state index contributed by atoms with van der Waals surface area (Å²) in [6.45, 7) is 1.37. The molecule has 1 aliphatic heterocycles. The molecule has 2 aromatic carbocycles. The van der Waals surface area contributed by atoms with Gasteiger partial charge in [0.25, 0.3) is 5.91 Å². The van der Waals surface area contributed by atoms with Gasteiger partial charge in [-0.2, -0.15) is 13.2 Å². The van der Waals surface area contributed by atoms with E-state index < -0.39 is 47.1 Å². The molecule has 4 aromatic rings. The molecule has 0 fully saturated rings. The average molecular weight is 558 g/mol. The molecule has 0 radical (unpaired) electrons. The zero-order chi connectivity index (χ0) is 29.0. The van der Waals surface area contributed by atoms with Crippen molar-refractivity contribution in [3.8, 4) is 17.0 Å². The van der Waals surface area contributed by atoms with E-state index >= 15 is 0 Å². The maximum atomic E-state index is 14.5. The minimum atomic E-state index is -5.34. The van der Waals surface area contributed by atoms with E-state index in [4.69, 9.17) is 14.9 Å². The molecule has 2 amide bonds. The number of oxazole rings is 1. The van der Waals surface area contributed by atoms with Gasteiger partial charge in [-0.15, -0.1) is 0 Å².